The van der Waals surface area contributed by atoms with Crippen molar-refractivity contribution < 1.29 is 25.2 Å². The quantitative estimate of drug-likeness (QED) is 0.571. The molecule has 0 saturated heterocycles. The normalized spacial score (nSPS) is 52.9. The van der Waals surface area contributed by atoms with E-state index < -0.39 is 12.1 Å². The van der Waals surface area contributed by atoms with E-state index in [1.165, 1.54) is 0 Å². The van der Waals surface area contributed by atoms with Gasteiger partial charge in [0, 0.05) is 6.42 Å². The molecule has 4 aliphatic carbocycles. The second kappa shape index (κ2) is 7.49. The summed E-state index contributed by atoms with van der Waals surface area (Å²) in [6, 6.07) is 0. The van der Waals surface area contributed by atoms with Crippen LogP contribution in [-0.4, -0.2) is 44.7 Å². The molecule has 4 N–H and O–H groups in total. The minimum Gasteiger partial charge on any atom is -0.481 e. The first kappa shape index (κ1) is 21.6. The summed E-state index contributed by atoms with van der Waals surface area (Å²) < 4.78 is 0. The molecule has 29 heavy (non-hydrogen) atoms. The van der Waals surface area contributed by atoms with E-state index in [1.54, 1.807) is 0 Å². The monoisotopic (exact) mass is 408 g/mol. The van der Waals surface area contributed by atoms with E-state index in [0.29, 0.717) is 30.1 Å². The number of hydrogen-bond donors (Lipinski definition) is 4. The van der Waals surface area contributed by atoms with Crippen LogP contribution in [0.2, 0.25) is 0 Å². The van der Waals surface area contributed by atoms with Gasteiger partial charge in [0.2, 0.25) is 0 Å². The van der Waals surface area contributed by atoms with Gasteiger partial charge in [0.1, 0.15) is 0 Å². The highest BCUT2D eigenvalue weighted by atomic mass is 16.4. The lowest BCUT2D eigenvalue weighted by Gasteiger charge is -2.63. The maximum absolute atomic E-state index is 11.5. The third kappa shape index (κ3) is 3.27. The number of carbonyl (C=O) groups is 1. The highest BCUT2D eigenvalue weighted by molar-refractivity contribution is 5.66. The van der Waals surface area contributed by atoms with Crippen LogP contribution in [0, 0.1) is 46.3 Å². The second-order valence-corrected chi connectivity index (χ2v) is 11.4. The van der Waals surface area contributed by atoms with Gasteiger partial charge in [-0.3, -0.25) is 4.79 Å². The van der Waals surface area contributed by atoms with E-state index in [-0.39, 0.29) is 41.3 Å². The molecule has 5 heteroatoms. The van der Waals surface area contributed by atoms with Gasteiger partial charge in [-0.15, -0.1) is 0 Å². The molecule has 0 heterocycles. The molecule has 0 amide bonds. The third-order valence-electron chi connectivity index (χ3n) is 10.3. The van der Waals surface area contributed by atoms with Crippen LogP contribution in [0.25, 0.3) is 0 Å². The number of aliphatic carboxylic acids is 1. The summed E-state index contributed by atoms with van der Waals surface area (Å²) in [5, 5.41) is 42.0. The van der Waals surface area contributed by atoms with Crippen molar-refractivity contribution >= 4 is 5.97 Å². The summed E-state index contributed by atoms with van der Waals surface area (Å²) in [5.41, 5.74) is -0.143. The van der Waals surface area contributed by atoms with Crippen LogP contribution in [0.5, 0.6) is 0 Å². The highest BCUT2D eigenvalue weighted by Gasteiger charge is 2.65. The van der Waals surface area contributed by atoms with Crippen LogP contribution in [0.15, 0.2) is 0 Å². The van der Waals surface area contributed by atoms with Gasteiger partial charge < -0.3 is 20.4 Å². The summed E-state index contributed by atoms with van der Waals surface area (Å²) in [4.78, 5) is 11.1. The molecule has 166 valence electrons. The van der Waals surface area contributed by atoms with E-state index in [2.05, 4.69) is 20.8 Å². The summed E-state index contributed by atoms with van der Waals surface area (Å²) >= 11 is 0. The number of carboxylic acids is 1. The lowest BCUT2D eigenvalue weighted by atomic mass is 9.43. The van der Waals surface area contributed by atoms with Gasteiger partial charge >= 0.3 is 5.97 Å². The van der Waals surface area contributed by atoms with Gasteiger partial charge in [-0.1, -0.05) is 20.8 Å². The molecule has 0 spiro atoms. The van der Waals surface area contributed by atoms with Crippen LogP contribution in [0.3, 0.4) is 0 Å². The summed E-state index contributed by atoms with van der Waals surface area (Å²) in [6.07, 6.45) is 6.00. The van der Waals surface area contributed by atoms with E-state index in [1.807, 2.05) is 0 Å². The molecule has 0 aliphatic heterocycles. The maximum Gasteiger partial charge on any atom is 0.303 e. The van der Waals surface area contributed by atoms with Gasteiger partial charge in [0.25, 0.3) is 0 Å². The third-order valence-corrected chi connectivity index (χ3v) is 10.3. The number of rotatable bonds is 4. The van der Waals surface area contributed by atoms with Gasteiger partial charge in [-0.2, -0.15) is 0 Å². The summed E-state index contributed by atoms with van der Waals surface area (Å²) in [7, 11) is 0. The molecule has 5 nitrogen and oxygen atoms in total. The Morgan fingerprint density at radius 1 is 1.03 bits per heavy atom. The Morgan fingerprint density at radius 2 is 1.76 bits per heavy atom. The Balaban J connectivity index is 1.61. The summed E-state index contributed by atoms with van der Waals surface area (Å²) in [5.74, 6) is 0.997. The minimum atomic E-state index is -0.748. The first-order valence-corrected chi connectivity index (χ1v) is 11.8. The van der Waals surface area contributed by atoms with Gasteiger partial charge in [-0.25, -0.2) is 0 Å². The Bertz CT molecular complexity index is 637. The SMILES string of the molecule is CC(CCC(=O)O)C1CC[C@H]2C3C(O)C[C@@H]4C[C@H](O)CC[C@]4(C)[C@H]3C[C@H](O)[C@]12C. The van der Waals surface area contributed by atoms with Crippen molar-refractivity contribution in [3.8, 4) is 0 Å². The Kier molecular flexibility index (Phi) is 5.57. The topological polar surface area (TPSA) is 98.0 Å². The Morgan fingerprint density at radius 3 is 2.45 bits per heavy atom. The van der Waals surface area contributed by atoms with Crippen LogP contribution < -0.4 is 0 Å². The minimum absolute atomic E-state index is 0.0957. The molecule has 0 radical (unpaired) electrons. The highest BCUT2D eigenvalue weighted by Crippen LogP contribution is 2.68. The van der Waals surface area contributed by atoms with Crippen LogP contribution in [0.4, 0.5) is 0 Å². The summed E-state index contributed by atoms with van der Waals surface area (Å²) in [6.45, 7) is 6.72. The van der Waals surface area contributed by atoms with Crippen molar-refractivity contribution in [3.63, 3.8) is 0 Å². The molecule has 11 atom stereocenters. The van der Waals surface area contributed by atoms with Crippen molar-refractivity contribution in [1.82, 2.24) is 0 Å². The number of hydrogen-bond acceptors (Lipinski definition) is 4. The zero-order valence-corrected chi connectivity index (χ0v) is 18.3. The molecule has 0 bridgehead atoms. The fourth-order valence-electron chi connectivity index (χ4n) is 8.68. The number of carboxylic acid groups (broad SMARTS) is 1. The predicted octanol–water partition coefficient (Wildman–Crippen LogP) is 3.45. The number of aliphatic hydroxyl groups is 3. The average molecular weight is 409 g/mol. The standard InChI is InChI=1S/C24H40O5/c1-13(4-7-21(28)29)16-5-6-17-22-18(12-20(27)24(16,17)3)23(2)9-8-15(25)10-14(23)11-19(22)26/h13-20,22,25-27H,4-12H2,1-3H3,(H,28,29)/t13?,14-,15+,16?,17-,18-,19?,20-,22?,23-,24+/m0/s1. The first-order valence-electron chi connectivity index (χ1n) is 11.8. The Hall–Kier alpha value is -0.650. The maximum atomic E-state index is 11.5. The molecule has 4 rings (SSSR count). The molecular formula is C24H40O5. The lowest BCUT2D eigenvalue weighted by Crippen LogP contribution is -2.62. The van der Waals surface area contributed by atoms with Crippen molar-refractivity contribution in [3.05, 3.63) is 0 Å². The molecule has 0 aromatic rings. The van der Waals surface area contributed by atoms with E-state index in [0.717, 1.165) is 44.9 Å². The fourth-order valence-corrected chi connectivity index (χ4v) is 8.68. The van der Waals surface area contributed by atoms with E-state index in [4.69, 9.17) is 5.11 Å². The molecular weight excluding hydrogens is 368 g/mol. The number of fused-ring (bicyclic) bond motifs is 5. The van der Waals surface area contributed by atoms with Gasteiger partial charge in [-0.05, 0) is 97.7 Å². The molecule has 4 fully saturated rings. The molecule has 0 aromatic heterocycles. The molecule has 0 aromatic carbocycles. The molecule has 4 aliphatic rings. The van der Waals surface area contributed by atoms with Crippen LogP contribution in [-0.2, 0) is 4.79 Å². The largest absolute Gasteiger partial charge is 0.481 e. The van der Waals surface area contributed by atoms with Crippen molar-refractivity contribution in [1.29, 1.82) is 0 Å². The first-order chi connectivity index (χ1) is 13.6. The smallest absolute Gasteiger partial charge is 0.303 e. The van der Waals surface area contributed by atoms with Crippen molar-refractivity contribution in [2.24, 2.45) is 46.3 Å². The fraction of sp³-hybridized carbons (Fsp3) is 0.958. The molecule has 4 unspecified atom stereocenters. The van der Waals surface area contributed by atoms with Gasteiger partial charge in [0.15, 0.2) is 0 Å². The number of aliphatic hydroxyl groups excluding tert-OH is 3. The zero-order valence-electron chi connectivity index (χ0n) is 18.3. The lowest BCUT2D eigenvalue weighted by molar-refractivity contribution is -0.207. The predicted molar refractivity (Wildman–Crippen MR) is 110 cm³/mol. The Labute approximate surface area is 174 Å². The second-order valence-electron chi connectivity index (χ2n) is 11.4. The van der Waals surface area contributed by atoms with E-state index >= 15 is 0 Å². The zero-order chi connectivity index (χ0) is 21.1. The van der Waals surface area contributed by atoms with Gasteiger partial charge in [0.05, 0.1) is 18.3 Å². The van der Waals surface area contributed by atoms with Crippen molar-refractivity contribution in [2.45, 2.75) is 96.9 Å². The molecule has 4 saturated carbocycles. The van der Waals surface area contributed by atoms with E-state index in [9.17, 15) is 20.1 Å². The van der Waals surface area contributed by atoms with Crippen LogP contribution in [0.1, 0.15) is 78.6 Å². The van der Waals surface area contributed by atoms with Crippen LogP contribution >= 0.6 is 0 Å². The average Bonchev–Trinajstić information content (AvgIpc) is 3.01. The van der Waals surface area contributed by atoms with Crippen molar-refractivity contribution in [2.75, 3.05) is 0 Å².